The summed E-state index contributed by atoms with van der Waals surface area (Å²) in [6.45, 7) is 12.7. The predicted octanol–water partition coefficient (Wildman–Crippen LogP) is 1.60. The van der Waals surface area contributed by atoms with E-state index >= 15 is 0 Å². The molecule has 0 unspecified atom stereocenters. The molecule has 8 nitrogen and oxygen atoms in total. The number of esters is 1. The third kappa shape index (κ3) is 3.70. The second-order valence-corrected chi connectivity index (χ2v) is 6.39. The van der Waals surface area contributed by atoms with E-state index in [1.165, 1.54) is 0 Å². The Labute approximate surface area is 153 Å². The molecule has 3 rings (SSSR count). The Hall–Kier alpha value is -2.48. The van der Waals surface area contributed by atoms with Gasteiger partial charge in [0.1, 0.15) is 11.4 Å². The Morgan fingerprint density at radius 3 is 2.50 bits per heavy atom. The zero-order chi connectivity index (χ0) is 18.7. The smallest absolute Gasteiger partial charge is 0.343 e. The first-order valence-corrected chi connectivity index (χ1v) is 9.08. The number of hydrogen-bond donors (Lipinski definition) is 0. The summed E-state index contributed by atoms with van der Waals surface area (Å²) in [4.78, 5) is 26.0. The van der Waals surface area contributed by atoms with Crippen molar-refractivity contribution in [2.75, 3.05) is 44.2 Å². The maximum atomic E-state index is 12.4. The van der Waals surface area contributed by atoms with Crippen LogP contribution < -0.4 is 4.90 Å². The highest BCUT2D eigenvalue weighted by molar-refractivity contribution is 5.94. The summed E-state index contributed by atoms with van der Waals surface area (Å²) in [6.07, 6.45) is 1.55. The first-order chi connectivity index (χ1) is 12.5. The first kappa shape index (κ1) is 18.3. The van der Waals surface area contributed by atoms with E-state index in [0.717, 1.165) is 44.1 Å². The standard InChI is InChI=1S/C18H26N6O2/c1-5-22-7-9-23(10-8-22)16-15(17(25)26-6-2)12-19-18(20-16)24-14(4)11-13(3)21-24/h11-12H,5-10H2,1-4H3. The van der Waals surface area contributed by atoms with Gasteiger partial charge in [0.2, 0.25) is 0 Å². The Kier molecular flexibility index (Phi) is 5.51. The highest BCUT2D eigenvalue weighted by Gasteiger charge is 2.25. The summed E-state index contributed by atoms with van der Waals surface area (Å²) >= 11 is 0. The molecule has 1 aliphatic heterocycles. The summed E-state index contributed by atoms with van der Waals surface area (Å²) in [5.41, 5.74) is 2.26. The van der Waals surface area contributed by atoms with E-state index in [9.17, 15) is 4.79 Å². The molecule has 2 aromatic rings. The molecule has 2 aromatic heterocycles. The maximum absolute atomic E-state index is 12.4. The van der Waals surface area contributed by atoms with Crippen LogP contribution in [0.2, 0.25) is 0 Å². The molecule has 1 aliphatic rings. The van der Waals surface area contributed by atoms with Crippen molar-refractivity contribution in [3.8, 4) is 5.95 Å². The summed E-state index contributed by atoms with van der Waals surface area (Å²) < 4.78 is 6.90. The molecule has 0 aromatic carbocycles. The molecular formula is C18H26N6O2. The lowest BCUT2D eigenvalue weighted by molar-refractivity contribution is 0.0526. The van der Waals surface area contributed by atoms with Crippen molar-refractivity contribution >= 4 is 11.8 Å². The van der Waals surface area contributed by atoms with E-state index in [1.54, 1.807) is 17.8 Å². The van der Waals surface area contributed by atoms with E-state index in [2.05, 4.69) is 26.8 Å². The van der Waals surface area contributed by atoms with Crippen LogP contribution in [0.25, 0.3) is 5.95 Å². The topological polar surface area (TPSA) is 76.4 Å². The lowest BCUT2D eigenvalue weighted by Gasteiger charge is -2.35. The van der Waals surface area contributed by atoms with Crippen molar-refractivity contribution in [2.24, 2.45) is 0 Å². The molecule has 8 heteroatoms. The van der Waals surface area contributed by atoms with Crippen LogP contribution in [-0.4, -0.2) is 69.9 Å². The largest absolute Gasteiger partial charge is 0.462 e. The summed E-state index contributed by atoms with van der Waals surface area (Å²) in [5.74, 6) is 0.702. The Morgan fingerprint density at radius 1 is 1.19 bits per heavy atom. The number of aromatic nitrogens is 4. The van der Waals surface area contributed by atoms with Gasteiger partial charge in [0, 0.05) is 38.1 Å². The highest BCUT2D eigenvalue weighted by Crippen LogP contribution is 2.22. The van der Waals surface area contributed by atoms with Crippen LogP contribution in [0.5, 0.6) is 0 Å². The number of ether oxygens (including phenoxy) is 1. The van der Waals surface area contributed by atoms with Crippen molar-refractivity contribution in [3.63, 3.8) is 0 Å². The SMILES string of the molecule is CCOC(=O)c1cnc(-n2nc(C)cc2C)nc1N1CCN(CC)CC1. The second kappa shape index (κ2) is 7.82. The fraction of sp³-hybridized carbons (Fsp3) is 0.556. The number of carbonyl (C=O) groups is 1. The first-order valence-electron chi connectivity index (χ1n) is 9.08. The normalized spacial score (nSPS) is 15.3. The lowest BCUT2D eigenvalue weighted by atomic mass is 10.2. The zero-order valence-corrected chi connectivity index (χ0v) is 15.9. The van der Waals surface area contributed by atoms with Crippen molar-refractivity contribution in [2.45, 2.75) is 27.7 Å². The molecule has 1 fully saturated rings. The van der Waals surface area contributed by atoms with Crippen molar-refractivity contribution in [1.29, 1.82) is 0 Å². The maximum Gasteiger partial charge on any atom is 0.343 e. The highest BCUT2D eigenvalue weighted by atomic mass is 16.5. The number of hydrogen-bond acceptors (Lipinski definition) is 7. The number of aryl methyl sites for hydroxylation is 2. The average molecular weight is 358 g/mol. The molecule has 0 spiro atoms. The van der Waals surface area contributed by atoms with E-state index in [-0.39, 0.29) is 5.97 Å². The van der Waals surface area contributed by atoms with Gasteiger partial charge in [-0.05, 0) is 33.4 Å². The zero-order valence-electron chi connectivity index (χ0n) is 15.9. The quantitative estimate of drug-likeness (QED) is 0.751. The van der Waals surface area contributed by atoms with Gasteiger partial charge in [-0.1, -0.05) is 6.92 Å². The third-order valence-corrected chi connectivity index (χ3v) is 4.57. The second-order valence-electron chi connectivity index (χ2n) is 6.39. The number of anilines is 1. The van der Waals surface area contributed by atoms with Crippen LogP contribution in [0, 0.1) is 13.8 Å². The molecule has 0 aliphatic carbocycles. The summed E-state index contributed by atoms with van der Waals surface area (Å²) in [7, 11) is 0. The molecule has 0 amide bonds. The molecule has 140 valence electrons. The van der Waals surface area contributed by atoms with Gasteiger partial charge in [0.15, 0.2) is 0 Å². The van der Waals surface area contributed by atoms with Gasteiger partial charge in [0.25, 0.3) is 5.95 Å². The van der Waals surface area contributed by atoms with Crippen molar-refractivity contribution < 1.29 is 9.53 Å². The van der Waals surface area contributed by atoms with Crippen LogP contribution in [0.4, 0.5) is 5.82 Å². The van der Waals surface area contributed by atoms with Gasteiger partial charge in [0.05, 0.1) is 12.3 Å². The lowest BCUT2D eigenvalue weighted by Crippen LogP contribution is -2.47. The van der Waals surface area contributed by atoms with Gasteiger partial charge in [-0.15, -0.1) is 0 Å². The van der Waals surface area contributed by atoms with Gasteiger partial charge in [-0.3, -0.25) is 0 Å². The van der Waals surface area contributed by atoms with Gasteiger partial charge < -0.3 is 14.5 Å². The van der Waals surface area contributed by atoms with E-state index in [4.69, 9.17) is 9.72 Å². The Morgan fingerprint density at radius 2 is 1.92 bits per heavy atom. The number of rotatable bonds is 5. The average Bonchev–Trinajstić information content (AvgIpc) is 2.99. The molecule has 0 radical (unpaired) electrons. The molecule has 26 heavy (non-hydrogen) atoms. The summed E-state index contributed by atoms with van der Waals surface area (Å²) in [6, 6.07) is 1.97. The molecular weight excluding hydrogens is 332 g/mol. The number of carbonyl (C=O) groups excluding carboxylic acids is 1. The molecule has 1 saturated heterocycles. The fourth-order valence-electron chi connectivity index (χ4n) is 3.17. The minimum Gasteiger partial charge on any atom is -0.462 e. The molecule has 0 N–H and O–H groups in total. The van der Waals surface area contributed by atoms with E-state index in [1.807, 2.05) is 19.9 Å². The Bertz CT molecular complexity index is 780. The Balaban J connectivity index is 1.98. The molecule has 0 saturated carbocycles. The van der Waals surface area contributed by atoms with E-state index < -0.39 is 0 Å². The van der Waals surface area contributed by atoms with Gasteiger partial charge >= 0.3 is 5.97 Å². The van der Waals surface area contributed by atoms with Crippen molar-refractivity contribution in [1.82, 2.24) is 24.6 Å². The predicted molar refractivity (Wildman–Crippen MR) is 98.9 cm³/mol. The van der Waals surface area contributed by atoms with Gasteiger partial charge in [-0.2, -0.15) is 10.1 Å². The van der Waals surface area contributed by atoms with Crippen LogP contribution in [-0.2, 0) is 4.74 Å². The minimum absolute atomic E-state index is 0.321. The third-order valence-electron chi connectivity index (χ3n) is 4.57. The molecule has 0 atom stereocenters. The van der Waals surface area contributed by atoms with Gasteiger partial charge in [-0.25, -0.2) is 14.5 Å². The molecule has 3 heterocycles. The van der Waals surface area contributed by atoms with Crippen LogP contribution in [0.3, 0.4) is 0 Å². The monoisotopic (exact) mass is 358 g/mol. The number of likely N-dealkylation sites (N-methyl/N-ethyl adjacent to an activating group) is 1. The van der Waals surface area contributed by atoms with Crippen LogP contribution >= 0.6 is 0 Å². The molecule has 0 bridgehead atoms. The fourth-order valence-corrected chi connectivity index (χ4v) is 3.17. The van der Waals surface area contributed by atoms with Crippen LogP contribution in [0.15, 0.2) is 12.3 Å². The minimum atomic E-state index is -0.389. The summed E-state index contributed by atoms with van der Waals surface area (Å²) in [5, 5.41) is 4.45. The number of nitrogens with zero attached hydrogens (tertiary/aromatic N) is 6. The van der Waals surface area contributed by atoms with E-state index in [0.29, 0.717) is 23.9 Å². The van der Waals surface area contributed by atoms with Crippen LogP contribution in [0.1, 0.15) is 35.6 Å². The van der Waals surface area contributed by atoms with Crippen molar-refractivity contribution in [3.05, 3.63) is 29.2 Å². The number of piperazine rings is 1.